The summed E-state index contributed by atoms with van der Waals surface area (Å²) in [5.74, 6) is 0.460. The van der Waals surface area contributed by atoms with E-state index in [4.69, 9.17) is 0 Å². The molecule has 3 aromatic rings. The second kappa shape index (κ2) is 5.70. The quantitative estimate of drug-likeness (QED) is 0.572. The van der Waals surface area contributed by atoms with E-state index in [-0.39, 0.29) is 5.71 Å². The molecule has 5 nitrogen and oxygen atoms in total. The lowest BCUT2D eigenvalue weighted by atomic mass is 10.1. The monoisotopic (exact) mass is 289 g/mol. The Morgan fingerprint density at radius 3 is 2.82 bits per heavy atom. The zero-order valence-corrected chi connectivity index (χ0v) is 12.4. The zero-order chi connectivity index (χ0) is 15.5. The highest BCUT2D eigenvalue weighted by Crippen LogP contribution is 2.17. The van der Waals surface area contributed by atoms with Gasteiger partial charge in [-0.05, 0) is 43.2 Å². The predicted octanol–water partition coefficient (Wildman–Crippen LogP) is 3.52. The van der Waals surface area contributed by atoms with Gasteiger partial charge in [0, 0.05) is 0 Å². The zero-order valence-electron chi connectivity index (χ0n) is 12.4. The van der Waals surface area contributed by atoms with Crippen LogP contribution in [0.5, 0.6) is 0 Å². The van der Waals surface area contributed by atoms with Gasteiger partial charge in [0.05, 0.1) is 16.7 Å². The van der Waals surface area contributed by atoms with Crippen molar-refractivity contribution in [3.63, 3.8) is 0 Å². The van der Waals surface area contributed by atoms with E-state index in [2.05, 4.69) is 26.6 Å². The molecule has 0 spiro atoms. The molecule has 0 aliphatic heterocycles. The maximum Gasteiger partial charge on any atom is 0.203 e. The number of fused-ring (bicyclic) bond motifs is 1. The summed E-state index contributed by atoms with van der Waals surface area (Å²) in [4.78, 5) is 7.49. The molecule has 0 saturated heterocycles. The lowest BCUT2D eigenvalue weighted by Gasteiger charge is -2.06. The van der Waals surface area contributed by atoms with Crippen LogP contribution in [0.25, 0.3) is 11.0 Å². The van der Waals surface area contributed by atoms with Gasteiger partial charge in [-0.25, -0.2) is 4.98 Å². The molecule has 0 unspecified atom stereocenters. The number of anilines is 1. The van der Waals surface area contributed by atoms with Crippen molar-refractivity contribution < 1.29 is 0 Å². The van der Waals surface area contributed by atoms with Crippen LogP contribution >= 0.6 is 0 Å². The minimum atomic E-state index is 0.220. The molecule has 3 rings (SSSR count). The number of H-pyrrole nitrogens is 1. The first kappa shape index (κ1) is 13.8. The molecule has 22 heavy (non-hydrogen) atoms. The van der Waals surface area contributed by atoms with Crippen molar-refractivity contribution in [2.45, 2.75) is 13.8 Å². The van der Waals surface area contributed by atoms with Crippen LogP contribution in [-0.4, -0.2) is 15.7 Å². The van der Waals surface area contributed by atoms with Gasteiger partial charge in [0.25, 0.3) is 0 Å². The van der Waals surface area contributed by atoms with Gasteiger partial charge >= 0.3 is 0 Å². The molecule has 0 aliphatic rings. The number of benzene rings is 2. The van der Waals surface area contributed by atoms with Crippen LogP contribution in [0.15, 0.2) is 47.6 Å². The summed E-state index contributed by atoms with van der Waals surface area (Å²) in [6.07, 6.45) is 0. The molecule has 1 heterocycles. The Bertz CT molecular complexity index is 866. The van der Waals surface area contributed by atoms with Gasteiger partial charge in [0.1, 0.15) is 6.07 Å². The summed E-state index contributed by atoms with van der Waals surface area (Å²) in [5.41, 5.74) is 7.94. The van der Waals surface area contributed by atoms with Crippen molar-refractivity contribution in [3.05, 3.63) is 59.4 Å². The Morgan fingerprint density at radius 1 is 1.23 bits per heavy atom. The average Bonchev–Trinajstić information content (AvgIpc) is 2.95. The Hall–Kier alpha value is -3.13. The SMILES string of the molecule is Cc1ccc(C)c(N/N=C(\C#N)c2nc3ccccc3[nH]2)c1. The number of hydrogen-bond acceptors (Lipinski definition) is 4. The molecule has 2 aromatic carbocycles. The van der Waals surface area contributed by atoms with E-state index in [0.29, 0.717) is 5.82 Å². The van der Waals surface area contributed by atoms with E-state index in [1.54, 1.807) is 0 Å². The van der Waals surface area contributed by atoms with Crippen LogP contribution in [0, 0.1) is 25.2 Å². The van der Waals surface area contributed by atoms with Crippen LogP contribution in [0.3, 0.4) is 0 Å². The summed E-state index contributed by atoms with van der Waals surface area (Å²) < 4.78 is 0. The Morgan fingerprint density at radius 2 is 2.05 bits per heavy atom. The summed E-state index contributed by atoms with van der Waals surface area (Å²) in [6, 6.07) is 15.8. The lowest BCUT2D eigenvalue weighted by molar-refractivity contribution is 1.24. The fourth-order valence-corrected chi connectivity index (χ4v) is 2.17. The molecule has 0 aliphatic carbocycles. The van der Waals surface area contributed by atoms with Gasteiger partial charge in [-0.1, -0.05) is 24.3 Å². The first-order valence-electron chi connectivity index (χ1n) is 6.93. The van der Waals surface area contributed by atoms with Crippen LogP contribution < -0.4 is 5.43 Å². The number of hydrogen-bond donors (Lipinski definition) is 2. The maximum atomic E-state index is 9.33. The smallest absolute Gasteiger partial charge is 0.203 e. The van der Waals surface area contributed by atoms with E-state index in [1.807, 2.05) is 56.3 Å². The predicted molar refractivity (Wildman–Crippen MR) is 87.8 cm³/mol. The second-order valence-electron chi connectivity index (χ2n) is 5.10. The molecule has 0 bridgehead atoms. The van der Waals surface area contributed by atoms with Crippen LogP contribution in [0.2, 0.25) is 0 Å². The van der Waals surface area contributed by atoms with E-state index in [0.717, 1.165) is 27.8 Å². The van der Waals surface area contributed by atoms with Crippen molar-refractivity contribution in [2.24, 2.45) is 5.10 Å². The molecule has 108 valence electrons. The highest BCUT2D eigenvalue weighted by Gasteiger charge is 2.09. The van der Waals surface area contributed by atoms with E-state index >= 15 is 0 Å². The molecule has 0 saturated carbocycles. The number of nitrogens with zero attached hydrogens (tertiary/aromatic N) is 3. The third kappa shape index (κ3) is 2.67. The fourth-order valence-electron chi connectivity index (χ4n) is 2.17. The maximum absolute atomic E-state index is 9.33. The fraction of sp³-hybridized carbons (Fsp3) is 0.118. The third-order valence-corrected chi connectivity index (χ3v) is 3.40. The first-order chi connectivity index (χ1) is 10.7. The Balaban J connectivity index is 1.93. The highest BCUT2D eigenvalue weighted by atomic mass is 15.3. The Kier molecular flexibility index (Phi) is 3.58. The molecule has 0 amide bonds. The van der Waals surface area contributed by atoms with Crippen LogP contribution in [0.4, 0.5) is 5.69 Å². The number of aryl methyl sites for hydroxylation is 2. The Labute approximate surface area is 128 Å². The molecule has 1 aromatic heterocycles. The molecule has 0 fully saturated rings. The van der Waals surface area contributed by atoms with E-state index < -0.39 is 0 Å². The van der Waals surface area contributed by atoms with Gasteiger partial charge in [-0.15, -0.1) is 0 Å². The highest BCUT2D eigenvalue weighted by molar-refractivity contribution is 6.10. The third-order valence-electron chi connectivity index (χ3n) is 3.40. The number of aromatic nitrogens is 2. The molecular weight excluding hydrogens is 274 g/mol. The first-order valence-corrected chi connectivity index (χ1v) is 6.93. The topological polar surface area (TPSA) is 76.9 Å². The molecule has 0 atom stereocenters. The summed E-state index contributed by atoms with van der Waals surface area (Å²) in [7, 11) is 0. The molecule has 5 heteroatoms. The average molecular weight is 289 g/mol. The van der Waals surface area contributed by atoms with Crippen molar-refractivity contribution >= 4 is 22.4 Å². The van der Waals surface area contributed by atoms with Gasteiger partial charge < -0.3 is 4.98 Å². The molecule has 2 N–H and O–H groups in total. The lowest BCUT2D eigenvalue weighted by Crippen LogP contribution is -2.04. The number of hydrazone groups is 1. The van der Waals surface area contributed by atoms with Crippen molar-refractivity contribution in [3.8, 4) is 6.07 Å². The number of nitriles is 1. The van der Waals surface area contributed by atoms with Crippen molar-refractivity contribution in [1.82, 2.24) is 9.97 Å². The minimum absolute atomic E-state index is 0.220. The van der Waals surface area contributed by atoms with Crippen molar-refractivity contribution in [2.75, 3.05) is 5.43 Å². The second-order valence-corrected chi connectivity index (χ2v) is 5.10. The van der Waals surface area contributed by atoms with Crippen LogP contribution in [0.1, 0.15) is 17.0 Å². The van der Waals surface area contributed by atoms with Gasteiger partial charge in [0.2, 0.25) is 5.71 Å². The molecule has 0 radical (unpaired) electrons. The van der Waals surface area contributed by atoms with Gasteiger partial charge in [-0.3, -0.25) is 5.43 Å². The summed E-state index contributed by atoms with van der Waals surface area (Å²) in [6.45, 7) is 4.00. The van der Waals surface area contributed by atoms with E-state index in [1.165, 1.54) is 0 Å². The van der Waals surface area contributed by atoms with Gasteiger partial charge in [0.15, 0.2) is 5.82 Å². The summed E-state index contributed by atoms with van der Waals surface area (Å²) >= 11 is 0. The number of para-hydroxylation sites is 2. The number of rotatable bonds is 3. The number of aromatic amines is 1. The van der Waals surface area contributed by atoms with Crippen molar-refractivity contribution in [1.29, 1.82) is 5.26 Å². The largest absolute Gasteiger partial charge is 0.336 e. The summed E-state index contributed by atoms with van der Waals surface area (Å²) in [5, 5.41) is 13.5. The minimum Gasteiger partial charge on any atom is -0.336 e. The normalized spacial score (nSPS) is 11.4. The van der Waals surface area contributed by atoms with Crippen LogP contribution in [-0.2, 0) is 0 Å². The standard InChI is InChI=1S/C17H15N5/c1-11-7-8-12(2)15(9-11)21-22-16(10-18)17-19-13-5-3-4-6-14(13)20-17/h3-9,21H,1-2H3,(H,19,20)/b22-16+. The molecular formula is C17H15N5. The number of nitrogens with one attached hydrogen (secondary N) is 2. The number of imidazole rings is 1. The van der Waals surface area contributed by atoms with Gasteiger partial charge in [-0.2, -0.15) is 10.4 Å². The van der Waals surface area contributed by atoms with E-state index in [9.17, 15) is 5.26 Å².